The van der Waals surface area contributed by atoms with Crippen LogP contribution in [0.2, 0.25) is 5.02 Å². The number of unbranched alkanes of at least 4 members (excludes halogenated alkanes) is 1. The summed E-state index contributed by atoms with van der Waals surface area (Å²) in [5.41, 5.74) is 1.40. The number of nitrogens with one attached hydrogen (secondary N) is 1. The van der Waals surface area contributed by atoms with Crippen molar-refractivity contribution in [3.05, 3.63) is 34.9 Å². The van der Waals surface area contributed by atoms with Crippen molar-refractivity contribution in [2.75, 3.05) is 13.1 Å². The summed E-state index contributed by atoms with van der Waals surface area (Å²) in [5, 5.41) is 4.38. The molecule has 1 unspecified atom stereocenters. The Morgan fingerprint density at radius 3 is 2.44 bits per heavy atom. The Morgan fingerprint density at radius 2 is 1.83 bits per heavy atom. The average molecular weight is 268 g/mol. The lowest BCUT2D eigenvalue weighted by atomic mass is 9.94. The van der Waals surface area contributed by atoms with Gasteiger partial charge in [0.25, 0.3) is 0 Å². The highest BCUT2D eigenvalue weighted by Crippen LogP contribution is 2.17. The van der Waals surface area contributed by atoms with E-state index < -0.39 is 0 Å². The summed E-state index contributed by atoms with van der Waals surface area (Å²) in [5.74, 6) is 0.748. The Labute approximate surface area is 117 Å². The van der Waals surface area contributed by atoms with Gasteiger partial charge in [-0.2, -0.15) is 0 Å². The summed E-state index contributed by atoms with van der Waals surface area (Å²) in [4.78, 5) is 0. The molecular formula is C16H26ClN. The maximum atomic E-state index is 5.92. The van der Waals surface area contributed by atoms with Crippen LogP contribution in [-0.4, -0.2) is 13.1 Å². The molecule has 0 amide bonds. The zero-order valence-corrected chi connectivity index (χ0v) is 12.5. The van der Waals surface area contributed by atoms with Crippen LogP contribution in [0, 0.1) is 5.92 Å². The van der Waals surface area contributed by atoms with Gasteiger partial charge in [-0.1, -0.05) is 50.4 Å². The first-order valence-corrected chi connectivity index (χ1v) is 7.59. The van der Waals surface area contributed by atoms with Crippen molar-refractivity contribution in [3.63, 3.8) is 0 Å². The van der Waals surface area contributed by atoms with E-state index in [1.165, 1.54) is 31.2 Å². The lowest BCUT2D eigenvalue weighted by Crippen LogP contribution is -2.25. The molecule has 1 aromatic carbocycles. The minimum absolute atomic E-state index is 0.748. The lowest BCUT2D eigenvalue weighted by Gasteiger charge is -2.17. The predicted molar refractivity (Wildman–Crippen MR) is 81.3 cm³/mol. The number of hydrogen-bond acceptors (Lipinski definition) is 1. The zero-order chi connectivity index (χ0) is 13.2. The van der Waals surface area contributed by atoms with Crippen LogP contribution < -0.4 is 5.32 Å². The molecule has 1 aromatic rings. The molecule has 0 bridgehead atoms. The topological polar surface area (TPSA) is 12.0 Å². The molecule has 0 aliphatic carbocycles. The van der Waals surface area contributed by atoms with Crippen LogP contribution in [0.3, 0.4) is 0 Å². The highest BCUT2D eigenvalue weighted by atomic mass is 35.5. The van der Waals surface area contributed by atoms with E-state index in [2.05, 4.69) is 31.3 Å². The van der Waals surface area contributed by atoms with Crippen LogP contribution in [0.5, 0.6) is 0 Å². The number of hydrogen-bond donors (Lipinski definition) is 1. The molecule has 0 aliphatic heterocycles. The van der Waals surface area contributed by atoms with Crippen LogP contribution in [-0.2, 0) is 6.42 Å². The normalized spacial score (nSPS) is 12.6. The standard InChI is InChI=1S/C16H26ClN/c1-3-5-6-15(13-18-11-4-2)12-14-7-9-16(17)10-8-14/h7-10,15,18H,3-6,11-13H2,1-2H3. The van der Waals surface area contributed by atoms with Crippen LogP contribution in [0.25, 0.3) is 0 Å². The van der Waals surface area contributed by atoms with Gasteiger partial charge in [0.05, 0.1) is 0 Å². The molecule has 1 N–H and O–H groups in total. The van der Waals surface area contributed by atoms with Crippen molar-refractivity contribution in [1.82, 2.24) is 5.32 Å². The Bertz CT molecular complexity index is 307. The molecular weight excluding hydrogens is 242 g/mol. The Hall–Kier alpha value is -0.530. The van der Waals surface area contributed by atoms with E-state index in [9.17, 15) is 0 Å². The van der Waals surface area contributed by atoms with Gasteiger partial charge < -0.3 is 5.32 Å². The largest absolute Gasteiger partial charge is 0.316 e. The van der Waals surface area contributed by atoms with Gasteiger partial charge in [0.2, 0.25) is 0 Å². The minimum atomic E-state index is 0.748. The smallest absolute Gasteiger partial charge is 0.0406 e. The van der Waals surface area contributed by atoms with Gasteiger partial charge in [-0.3, -0.25) is 0 Å². The van der Waals surface area contributed by atoms with E-state index in [0.717, 1.165) is 30.5 Å². The van der Waals surface area contributed by atoms with Gasteiger partial charge in [0, 0.05) is 5.02 Å². The minimum Gasteiger partial charge on any atom is -0.316 e. The molecule has 1 nitrogen and oxygen atoms in total. The summed E-state index contributed by atoms with van der Waals surface area (Å²) in [6.45, 7) is 6.74. The van der Waals surface area contributed by atoms with Gasteiger partial charge >= 0.3 is 0 Å². The van der Waals surface area contributed by atoms with E-state index in [4.69, 9.17) is 11.6 Å². The highest BCUT2D eigenvalue weighted by Gasteiger charge is 2.09. The Kier molecular flexibility index (Phi) is 8.11. The fourth-order valence-electron chi connectivity index (χ4n) is 2.21. The predicted octanol–water partition coefficient (Wildman–Crippen LogP) is 4.69. The zero-order valence-electron chi connectivity index (χ0n) is 11.7. The lowest BCUT2D eigenvalue weighted by molar-refractivity contribution is 0.429. The van der Waals surface area contributed by atoms with E-state index in [0.29, 0.717) is 0 Å². The maximum Gasteiger partial charge on any atom is 0.0406 e. The van der Waals surface area contributed by atoms with Crippen LogP contribution in [0.4, 0.5) is 0 Å². The molecule has 102 valence electrons. The van der Waals surface area contributed by atoms with Gasteiger partial charge in [0.1, 0.15) is 0 Å². The van der Waals surface area contributed by atoms with Gasteiger partial charge in [0.15, 0.2) is 0 Å². The third-order valence-corrected chi connectivity index (χ3v) is 3.52. The number of halogens is 1. The van der Waals surface area contributed by atoms with Crippen LogP contribution in [0.1, 0.15) is 45.1 Å². The molecule has 0 radical (unpaired) electrons. The molecule has 0 aromatic heterocycles. The number of benzene rings is 1. The van der Waals surface area contributed by atoms with E-state index >= 15 is 0 Å². The summed E-state index contributed by atoms with van der Waals surface area (Å²) in [6.07, 6.45) is 6.29. The van der Waals surface area contributed by atoms with Crippen molar-refractivity contribution >= 4 is 11.6 Å². The van der Waals surface area contributed by atoms with E-state index in [1.807, 2.05) is 12.1 Å². The third-order valence-electron chi connectivity index (χ3n) is 3.26. The first kappa shape index (κ1) is 15.5. The molecule has 0 saturated carbocycles. The van der Waals surface area contributed by atoms with Gasteiger partial charge in [-0.15, -0.1) is 0 Å². The molecule has 18 heavy (non-hydrogen) atoms. The van der Waals surface area contributed by atoms with Crippen molar-refractivity contribution in [2.45, 2.75) is 46.0 Å². The third kappa shape index (κ3) is 6.42. The molecule has 0 heterocycles. The second-order valence-corrected chi connectivity index (χ2v) is 5.48. The fraction of sp³-hybridized carbons (Fsp3) is 0.625. The van der Waals surface area contributed by atoms with E-state index in [1.54, 1.807) is 0 Å². The first-order valence-electron chi connectivity index (χ1n) is 7.21. The van der Waals surface area contributed by atoms with E-state index in [-0.39, 0.29) is 0 Å². The molecule has 0 saturated heterocycles. The molecule has 0 spiro atoms. The summed E-state index contributed by atoms with van der Waals surface area (Å²) < 4.78 is 0. The molecule has 0 aliphatic rings. The quantitative estimate of drug-likeness (QED) is 0.640. The van der Waals surface area contributed by atoms with Gasteiger partial charge in [-0.25, -0.2) is 0 Å². The van der Waals surface area contributed by atoms with Crippen molar-refractivity contribution in [3.8, 4) is 0 Å². The van der Waals surface area contributed by atoms with Gasteiger partial charge in [-0.05, 0) is 56.0 Å². The van der Waals surface area contributed by atoms with Crippen LogP contribution >= 0.6 is 11.6 Å². The SMILES string of the molecule is CCCCC(CNCCC)Cc1ccc(Cl)cc1. The number of rotatable bonds is 9. The van der Waals surface area contributed by atoms with Crippen LogP contribution in [0.15, 0.2) is 24.3 Å². The molecule has 1 rings (SSSR count). The summed E-state index contributed by atoms with van der Waals surface area (Å²) in [7, 11) is 0. The van der Waals surface area contributed by atoms with Crippen molar-refractivity contribution in [1.29, 1.82) is 0 Å². The average Bonchev–Trinajstić information content (AvgIpc) is 2.38. The van der Waals surface area contributed by atoms with Crippen molar-refractivity contribution in [2.24, 2.45) is 5.92 Å². The molecule has 1 atom stereocenters. The highest BCUT2D eigenvalue weighted by molar-refractivity contribution is 6.30. The fourth-order valence-corrected chi connectivity index (χ4v) is 2.33. The first-order chi connectivity index (χ1) is 8.76. The molecule has 0 fully saturated rings. The second kappa shape index (κ2) is 9.41. The Balaban J connectivity index is 2.45. The summed E-state index contributed by atoms with van der Waals surface area (Å²) in [6, 6.07) is 8.29. The molecule has 2 heteroatoms. The Morgan fingerprint density at radius 1 is 1.11 bits per heavy atom. The van der Waals surface area contributed by atoms with Crippen molar-refractivity contribution < 1.29 is 0 Å². The second-order valence-electron chi connectivity index (χ2n) is 5.04. The summed E-state index contributed by atoms with van der Waals surface area (Å²) >= 11 is 5.92. The monoisotopic (exact) mass is 267 g/mol. The maximum absolute atomic E-state index is 5.92.